The van der Waals surface area contributed by atoms with Gasteiger partial charge >= 0.3 is 5.69 Å². The molecule has 0 aliphatic carbocycles. The van der Waals surface area contributed by atoms with Crippen molar-refractivity contribution in [1.82, 2.24) is 0 Å². The number of rotatable bonds is 4. The Labute approximate surface area is 135 Å². The smallest absolute Gasteiger partial charge is 0.306 e. The highest BCUT2D eigenvalue weighted by Gasteiger charge is 2.19. The largest absolute Gasteiger partial charge is 0.457 e. The van der Waals surface area contributed by atoms with Crippen LogP contribution in [-0.4, -0.2) is 13.3 Å². The van der Waals surface area contributed by atoms with Crippen molar-refractivity contribution in [2.24, 2.45) is 5.14 Å². The first-order valence-corrected chi connectivity index (χ1v) is 7.93. The summed E-state index contributed by atoms with van der Waals surface area (Å²) < 4.78 is 27.7. The van der Waals surface area contributed by atoms with Gasteiger partial charge in [0.25, 0.3) is 0 Å². The number of ether oxygens (including phenoxy) is 1. The van der Waals surface area contributed by atoms with E-state index >= 15 is 0 Å². The van der Waals surface area contributed by atoms with Crippen LogP contribution in [0.1, 0.15) is 0 Å². The highest BCUT2D eigenvalue weighted by Crippen LogP contribution is 2.37. The van der Waals surface area contributed by atoms with Crippen LogP contribution in [0, 0.1) is 10.1 Å². The van der Waals surface area contributed by atoms with Crippen molar-refractivity contribution in [3.8, 4) is 11.5 Å². The van der Waals surface area contributed by atoms with Gasteiger partial charge in [-0.1, -0.05) is 23.2 Å². The highest BCUT2D eigenvalue weighted by molar-refractivity contribution is 7.89. The lowest BCUT2D eigenvalue weighted by atomic mass is 10.3. The highest BCUT2D eigenvalue weighted by atomic mass is 35.5. The summed E-state index contributed by atoms with van der Waals surface area (Å²) in [5.41, 5.74) is -0.416. The number of hydrogen-bond acceptors (Lipinski definition) is 5. The van der Waals surface area contributed by atoms with Crippen molar-refractivity contribution in [2.45, 2.75) is 4.90 Å². The molecule has 0 bridgehead atoms. The van der Waals surface area contributed by atoms with Gasteiger partial charge < -0.3 is 4.74 Å². The zero-order valence-electron chi connectivity index (χ0n) is 10.7. The van der Waals surface area contributed by atoms with E-state index in [4.69, 9.17) is 33.1 Å². The van der Waals surface area contributed by atoms with Crippen LogP contribution in [-0.2, 0) is 10.0 Å². The van der Waals surface area contributed by atoms with Gasteiger partial charge in [-0.25, -0.2) is 13.6 Å². The van der Waals surface area contributed by atoms with Crippen molar-refractivity contribution < 1.29 is 18.1 Å². The van der Waals surface area contributed by atoms with Gasteiger partial charge in [0, 0.05) is 12.1 Å². The summed E-state index contributed by atoms with van der Waals surface area (Å²) in [6.45, 7) is 0. The minimum atomic E-state index is -3.79. The Morgan fingerprint density at radius 3 is 1.95 bits per heavy atom. The molecular weight excluding hydrogens is 355 g/mol. The van der Waals surface area contributed by atoms with Crippen LogP contribution in [0.4, 0.5) is 5.69 Å². The first-order valence-electron chi connectivity index (χ1n) is 5.62. The van der Waals surface area contributed by atoms with Gasteiger partial charge in [0.2, 0.25) is 10.0 Å². The molecule has 2 rings (SSSR count). The summed E-state index contributed by atoms with van der Waals surface area (Å²) in [5, 5.41) is 15.4. The van der Waals surface area contributed by atoms with E-state index in [-0.39, 0.29) is 26.4 Å². The molecular formula is C12H8Cl2N2O5S. The zero-order chi connectivity index (χ0) is 16.5. The van der Waals surface area contributed by atoms with Gasteiger partial charge in [0.05, 0.1) is 9.82 Å². The maximum absolute atomic E-state index is 11.1. The molecule has 0 radical (unpaired) electrons. The summed E-state index contributed by atoms with van der Waals surface area (Å²) >= 11 is 11.6. The summed E-state index contributed by atoms with van der Waals surface area (Å²) in [6.07, 6.45) is 0. The average Bonchev–Trinajstić information content (AvgIpc) is 2.36. The average molecular weight is 363 g/mol. The van der Waals surface area contributed by atoms with Crippen LogP contribution in [0.2, 0.25) is 10.0 Å². The Morgan fingerprint density at radius 2 is 1.55 bits per heavy atom. The second kappa shape index (κ2) is 6.09. The number of nitro benzene ring substituents is 1. The molecule has 7 nitrogen and oxygen atoms in total. The molecule has 2 aromatic rings. The van der Waals surface area contributed by atoms with E-state index in [2.05, 4.69) is 0 Å². The predicted octanol–water partition coefficient (Wildman–Crippen LogP) is 3.34. The third kappa shape index (κ3) is 3.66. The van der Waals surface area contributed by atoms with Crippen LogP contribution in [0.15, 0.2) is 41.3 Å². The third-order valence-corrected chi connectivity index (χ3v) is 4.07. The maximum Gasteiger partial charge on any atom is 0.306 e. The number of benzene rings is 2. The number of hydrogen-bond donors (Lipinski definition) is 1. The number of nitro groups is 1. The molecule has 0 amide bonds. The standard InChI is InChI=1S/C12H8Cl2N2O5S/c13-10-5-8(6-11(14)12(10)16(17)18)21-7-1-3-9(4-2-7)22(15,19)20/h1-6H,(H2,15,19,20). The van der Waals surface area contributed by atoms with Gasteiger partial charge in [-0.05, 0) is 24.3 Å². The zero-order valence-corrected chi connectivity index (χ0v) is 13.0. The minimum Gasteiger partial charge on any atom is -0.457 e. The first-order chi connectivity index (χ1) is 10.2. The van der Waals surface area contributed by atoms with Crippen LogP contribution in [0.25, 0.3) is 0 Å². The van der Waals surface area contributed by atoms with Crippen molar-refractivity contribution in [1.29, 1.82) is 0 Å². The molecule has 2 N–H and O–H groups in total. The Balaban J connectivity index is 2.30. The topological polar surface area (TPSA) is 113 Å². The lowest BCUT2D eigenvalue weighted by molar-refractivity contribution is -0.384. The van der Waals surface area contributed by atoms with E-state index in [0.29, 0.717) is 0 Å². The van der Waals surface area contributed by atoms with Crippen LogP contribution >= 0.6 is 23.2 Å². The van der Waals surface area contributed by atoms with E-state index in [1.807, 2.05) is 0 Å². The Kier molecular flexibility index (Phi) is 4.57. The molecule has 0 heterocycles. The van der Waals surface area contributed by atoms with E-state index < -0.39 is 20.6 Å². The van der Waals surface area contributed by atoms with Crippen LogP contribution < -0.4 is 9.88 Å². The Morgan fingerprint density at radius 1 is 1.05 bits per heavy atom. The summed E-state index contributed by atoms with van der Waals surface area (Å²) in [5.74, 6) is 0.456. The fourth-order valence-electron chi connectivity index (χ4n) is 1.61. The Hall–Kier alpha value is -1.87. The second-order valence-electron chi connectivity index (χ2n) is 4.11. The van der Waals surface area contributed by atoms with Crippen molar-refractivity contribution in [3.63, 3.8) is 0 Å². The van der Waals surface area contributed by atoms with E-state index in [1.165, 1.54) is 36.4 Å². The molecule has 22 heavy (non-hydrogen) atoms. The second-order valence-corrected chi connectivity index (χ2v) is 6.49. The van der Waals surface area contributed by atoms with Gasteiger partial charge in [-0.2, -0.15) is 0 Å². The number of sulfonamides is 1. The molecule has 0 saturated heterocycles. The number of nitrogens with two attached hydrogens (primary N) is 1. The van der Waals surface area contributed by atoms with E-state index in [9.17, 15) is 18.5 Å². The third-order valence-electron chi connectivity index (χ3n) is 2.56. The monoisotopic (exact) mass is 362 g/mol. The van der Waals surface area contributed by atoms with Crippen molar-refractivity contribution in [3.05, 3.63) is 56.6 Å². The molecule has 2 aromatic carbocycles. The van der Waals surface area contributed by atoms with Crippen molar-refractivity contribution in [2.75, 3.05) is 0 Å². The molecule has 0 atom stereocenters. The number of halogens is 2. The lowest BCUT2D eigenvalue weighted by Crippen LogP contribution is -2.11. The van der Waals surface area contributed by atoms with Crippen LogP contribution in [0.3, 0.4) is 0 Å². The lowest BCUT2D eigenvalue weighted by Gasteiger charge is -2.08. The van der Waals surface area contributed by atoms with Gasteiger partial charge in [-0.15, -0.1) is 0 Å². The SMILES string of the molecule is NS(=O)(=O)c1ccc(Oc2cc(Cl)c([N+](=O)[O-])c(Cl)c2)cc1. The van der Waals surface area contributed by atoms with Gasteiger partial charge in [0.15, 0.2) is 0 Å². The normalized spacial score (nSPS) is 11.2. The minimum absolute atomic E-state index is 0.0698. The van der Waals surface area contributed by atoms with Gasteiger partial charge in [0.1, 0.15) is 21.5 Å². The molecule has 0 fully saturated rings. The maximum atomic E-state index is 11.1. The quantitative estimate of drug-likeness (QED) is 0.661. The van der Waals surface area contributed by atoms with Crippen molar-refractivity contribution >= 4 is 38.9 Å². The predicted molar refractivity (Wildman–Crippen MR) is 81.0 cm³/mol. The number of primary sulfonamides is 1. The fourth-order valence-corrected chi connectivity index (χ4v) is 2.73. The summed E-state index contributed by atoms with van der Waals surface area (Å²) in [6, 6.07) is 7.75. The molecule has 0 aliphatic rings. The van der Waals surface area contributed by atoms with Gasteiger partial charge in [-0.3, -0.25) is 10.1 Å². The molecule has 10 heteroatoms. The molecule has 0 saturated carbocycles. The summed E-state index contributed by atoms with van der Waals surface area (Å²) in [4.78, 5) is 10.0. The number of nitrogens with zero attached hydrogens (tertiary/aromatic N) is 1. The Bertz CT molecular complexity index is 814. The first kappa shape index (κ1) is 16.5. The van der Waals surface area contributed by atoms with E-state index in [1.54, 1.807) is 0 Å². The van der Waals surface area contributed by atoms with E-state index in [0.717, 1.165) is 0 Å². The molecule has 116 valence electrons. The molecule has 0 unspecified atom stereocenters. The fraction of sp³-hybridized carbons (Fsp3) is 0. The van der Waals surface area contributed by atoms with Crippen LogP contribution in [0.5, 0.6) is 11.5 Å². The molecule has 0 aromatic heterocycles. The molecule has 0 aliphatic heterocycles. The summed E-state index contributed by atoms with van der Waals surface area (Å²) in [7, 11) is -3.79. The molecule has 0 spiro atoms.